The second kappa shape index (κ2) is 7.85. The number of hydrogen-bond donors (Lipinski definition) is 2. The molecule has 0 fully saturated rings. The first-order valence-electron chi connectivity index (χ1n) is 8.64. The summed E-state index contributed by atoms with van der Waals surface area (Å²) in [5.41, 5.74) is -0.290. The van der Waals surface area contributed by atoms with Crippen molar-refractivity contribution in [3.63, 3.8) is 0 Å². The molecule has 0 heterocycles. The third-order valence-corrected chi connectivity index (χ3v) is 6.94. The molecule has 2 N–H and O–H groups in total. The molecule has 0 rings (SSSR count). The van der Waals surface area contributed by atoms with Crippen molar-refractivity contribution in [2.45, 2.75) is 105 Å². The summed E-state index contributed by atoms with van der Waals surface area (Å²) in [6.45, 7) is 24.5. The molecule has 146 valence electrons. The number of hydrogen-bond acceptors (Lipinski definition) is 2. The Balaban J connectivity index is 5.79. The van der Waals surface area contributed by atoms with Gasteiger partial charge in [0.2, 0.25) is 0 Å². The van der Waals surface area contributed by atoms with Crippen LogP contribution < -0.4 is 9.44 Å². The van der Waals surface area contributed by atoms with E-state index >= 15 is 0 Å². The summed E-state index contributed by atoms with van der Waals surface area (Å²) < 4.78 is 31.4. The zero-order valence-corrected chi connectivity index (χ0v) is 19.4. The molecule has 0 aromatic carbocycles. The van der Waals surface area contributed by atoms with Crippen LogP contribution in [-0.4, -0.2) is 30.0 Å². The minimum atomic E-state index is -1.19. The highest BCUT2D eigenvalue weighted by molar-refractivity contribution is 7.84. The quantitative estimate of drug-likeness (QED) is 0.759. The van der Waals surface area contributed by atoms with E-state index in [-0.39, 0.29) is 32.4 Å². The molecule has 24 heavy (non-hydrogen) atoms. The number of nitrogens with one attached hydrogen (secondary N) is 2. The Kier molecular flexibility index (Phi) is 7.92. The Bertz CT molecular complexity index is 419. The molecule has 0 spiro atoms. The molecule has 0 saturated carbocycles. The normalized spacial score (nSPS) is 19.7. The summed E-state index contributed by atoms with van der Waals surface area (Å²) in [5.74, 6) is 0. The van der Waals surface area contributed by atoms with Gasteiger partial charge >= 0.3 is 0 Å². The molecule has 4 atom stereocenters. The molecule has 0 aromatic heterocycles. The van der Waals surface area contributed by atoms with E-state index in [9.17, 15) is 8.42 Å². The smallest absolute Gasteiger partial charge is 0.0973 e. The van der Waals surface area contributed by atoms with E-state index in [0.717, 1.165) is 0 Å². The first-order valence-corrected chi connectivity index (χ1v) is 10.9. The molecule has 4 nitrogen and oxygen atoms in total. The van der Waals surface area contributed by atoms with E-state index in [1.165, 1.54) is 0 Å². The summed E-state index contributed by atoms with van der Waals surface area (Å²) in [6.07, 6.45) is 0. The number of rotatable bonds is 5. The van der Waals surface area contributed by atoms with Gasteiger partial charge in [-0.1, -0.05) is 41.5 Å². The first-order chi connectivity index (χ1) is 10.3. The maximum atomic E-state index is 12.7. The van der Waals surface area contributed by atoms with Gasteiger partial charge in [0.25, 0.3) is 0 Å². The largest absolute Gasteiger partial charge is 0.242 e. The summed E-state index contributed by atoms with van der Waals surface area (Å²) in [4.78, 5) is 0. The van der Waals surface area contributed by atoms with Crippen LogP contribution >= 0.6 is 0 Å². The highest BCUT2D eigenvalue weighted by Gasteiger charge is 2.42. The second-order valence-electron chi connectivity index (χ2n) is 10.7. The maximum Gasteiger partial charge on any atom is 0.0973 e. The molecule has 0 bridgehead atoms. The molecule has 0 amide bonds. The molecular formula is C18H40N2O2S2. The van der Waals surface area contributed by atoms with E-state index in [0.29, 0.717) is 0 Å². The average Bonchev–Trinajstić information content (AvgIpc) is 2.27. The van der Waals surface area contributed by atoms with Gasteiger partial charge in [0.1, 0.15) is 0 Å². The van der Waals surface area contributed by atoms with Crippen LogP contribution in [-0.2, 0) is 22.0 Å². The third-order valence-electron chi connectivity index (χ3n) is 3.78. The fourth-order valence-corrected chi connectivity index (χ4v) is 4.22. The lowest BCUT2D eigenvalue weighted by Crippen LogP contribution is -2.62. The maximum absolute atomic E-state index is 12.7. The zero-order chi connectivity index (χ0) is 19.7. The minimum Gasteiger partial charge on any atom is -0.242 e. The van der Waals surface area contributed by atoms with Gasteiger partial charge in [0, 0.05) is 12.1 Å². The minimum absolute atomic E-state index is 0.0936. The highest BCUT2D eigenvalue weighted by Crippen LogP contribution is 2.33. The molecule has 0 unspecified atom stereocenters. The standard InChI is InChI=1S/C18H40N2O2S2/c1-15(2,3)13(19-23(21)17(7,8)9)14(16(4,5)6)20-24(22)18(10,11)12/h13-14,19-20H,1-12H3/t13-,14-,23+,24+/m0/s1. The molecule has 0 aliphatic carbocycles. The zero-order valence-electron chi connectivity index (χ0n) is 17.8. The topological polar surface area (TPSA) is 58.2 Å². The first kappa shape index (κ1) is 24.2. The highest BCUT2D eigenvalue weighted by atomic mass is 32.2. The van der Waals surface area contributed by atoms with E-state index in [2.05, 4.69) is 51.0 Å². The van der Waals surface area contributed by atoms with Crippen molar-refractivity contribution in [3.8, 4) is 0 Å². The van der Waals surface area contributed by atoms with Crippen LogP contribution in [0.5, 0.6) is 0 Å². The van der Waals surface area contributed by atoms with Crippen LogP contribution in [0.15, 0.2) is 0 Å². The molecule has 0 aliphatic rings. The van der Waals surface area contributed by atoms with Gasteiger partial charge in [-0.2, -0.15) is 0 Å². The van der Waals surface area contributed by atoms with Crippen molar-refractivity contribution in [1.29, 1.82) is 0 Å². The third kappa shape index (κ3) is 7.63. The molecular weight excluding hydrogens is 340 g/mol. The van der Waals surface area contributed by atoms with Gasteiger partial charge in [-0.15, -0.1) is 0 Å². The van der Waals surface area contributed by atoms with Crippen LogP contribution in [0.1, 0.15) is 83.1 Å². The summed E-state index contributed by atoms with van der Waals surface area (Å²) in [5, 5.41) is 0. The van der Waals surface area contributed by atoms with Crippen LogP contribution in [0, 0.1) is 10.8 Å². The van der Waals surface area contributed by atoms with E-state index < -0.39 is 22.0 Å². The lowest BCUT2D eigenvalue weighted by molar-refractivity contribution is 0.168. The van der Waals surface area contributed by atoms with Crippen molar-refractivity contribution >= 4 is 22.0 Å². The van der Waals surface area contributed by atoms with Crippen molar-refractivity contribution in [2.75, 3.05) is 0 Å². The van der Waals surface area contributed by atoms with Gasteiger partial charge in [-0.3, -0.25) is 0 Å². The van der Waals surface area contributed by atoms with Crippen molar-refractivity contribution in [2.24, 2.45) is 10.8 Å². The summed E-state index contributed by atoms with van der Waals surface area (Å²) >= 11 is 0. The SMILES string of the molecule is CC(C)(C)[C@@H](N[S@](=O)C(C)(C)C)[C@H](N[S@](=O)C(C)(C)C)C(C)(C)C. The Labute approximate surface area is 155 Å². The fourth-order valence-electron chi connectivity index (χ4n) is 2.07. The van der Waals surface area contributed by atoms with Gasteiger partial charge in [-0.25, -0.2) is 17.9 Å². The van der Waals surface area contributed by atoms with Gasteiger partial charge < -0.3 is 0 Å². The van der Waals surface area contributed by atoms with Crippen molar-refractivity contribution in [1.82, 2.24) is 9.44 Å². The lowest BCUT2D eigenvalue weighted by Gasteiger charge is -2.45. The summed E-state index contributed by atoms with van der Waals surface area (Å²) in [6, 6.07) is -0.187. The molecule has 0 aromatic rings. The van der Waals surface area contributed by atoms with Crippen LogP contribution in [0.25, 0.3) is 0 Å². The van der Waals surface area contributed by atoms with Crippen molar-refractivity contribution < 1.29 is 8.42 Å². The average molecular weight is 381 g/mol. The molecule has 0 aliphatic heterocycles. The Morgan fingerprint density at radius 2 is 0.750 bits per heavy atom. The van der Waals surface area contributed by atoms with Crippen molar-refractivity contribution in [3.05, 3.63) is 0 Å². The fraction of sp³-hybridized carbons (Fsp3) is 1.00. The van der Waals surface area contributed by atoms with Crippen LogP contribution in [0.4, 0.5) is 0 Å². The van der Waals surface area contributed by atoms with Gasteiger partial charge in [-0.05, 0) is 52.4 Å². The van der Waals surface area contributed by atoms with E-state index in [4.69, 9.17) is 0 Å². The predicted molar refractivity (Wildman–Crippen MR) is 109 cm³/mol. The van der Waals surface area contributed by atoms with Gasteiger partial charge in [0.05, 0.1) is 31.5 Å². The Morgan fingerprint density at radius 1 is 0.542 bits per heavy atom. The Hall–Kier alpha value is 0.220. The predicted octanol–water partition coefficient (Wildman–Crippen LogP) is 3.92. The summed E-state index contributed by atoms with van der Waals surface area (Å²) in [7, 11) is -2.39. The monoisotopic (exact) mass is 380 g/mol. The van der Waals surface area contributed by atoms with Gasteiger partial charge in [0.15, 0.2) is 0 Å². The van der Waals surface area contributed by atoms with Crippen LogP contribution in [0.2, 0.25) is 0 Å². The molecule has 6 heteroatoms. The Morgan fingerprint density at radius 3 is 0.875 bits per heavy atom. The molecule has 0 saturated heterocycles. The lowest BCUT2D eigenvalue weighted by atomic mass is 9.73. The van der Waals surface area contributed by atoms with E-state index in [1.54, 1.807) is 0 Å². The second-order valence-corrected chi connectivity index (χ2v) is 14.7. The van der Waals surface area contributed by atoms with Crippen LogP contribution in [0.3, 0.4) is 0 Å². The molecule has 0 radical (unpaired) electrons. The van der Waals surface area contributed by atoms with E-state index in [1.807, 2.05) is 41.5 Å².